The Morgan fingerprint density at radius 1 is 1.44 bits per heavy atom. The molecule has 0 bridgehead atoms. The molecule has 1 aliphatic heterocycles. The minimum absolute atomic E-state index is 0.0207. The van der Waals surface area contributed by atoms with Crippen molar-refractivity contribution in [2.75, 3.05) is 0 Å². The van der Waals surface area contributed by atoms with Gasteiger partial charge in [-0.2, -0.15) is 0 Å². The van der Waals surface area contributed by atoms with E-state index in [2.05, 4.69) is 0 Å². The van der Waals surface area contributed by atoms with Gasteiger partial charge in [0, 0.05) is 12.8 Å². The van der Waals surface area contributed by atoms with E-state index < -0.39 is 12.0 Å². The van der Waals surface area contributed by atoms with Gasteiger partial charge < -0.3 is 5.11 Å². The molecule has 16 heavy (non-hydrogen) atoms. The van der Waals surface area contributed by atoms with Crippen LogP contribution in [0.3, 0.4) is 0 Å². The van der Waals surface area contributed by atoms with E-state index >= 15 is 0 Å². The molecule has 5 nitrogen and oxygen atoms in total. The molecule has 0 radical (unpaired) electrons. The van der Waals surface area contributed by atoms with Crippen LogP contribution in [0, 0.1) is 5.92 Å². The molecule has 1 fully saturated rings. The topological polar surface area (TPSA) is 74.7 Å². The molecule has 0 aromatic carbocycles. The van der Waals surface area contributed by atoms with Gasteiger partial charge in [-0.1, -0.05) is 20.3 Å². The summed E-state index contributed by atoms with van der Waals surface area (Å²) in [6.45, 7) is 3.65. The molecule has 0 saturated carbocycles. The smallest absolute Gasteiger partial charge is 0.326 e. The third-order valence-electron chi connectivity index (χ3n) is 2.74. The number of likely N-dealkylation sites (tertiary alicyclic amines) is 1. The normalized spacial score (nSPS) is 20.0. The Hall–Kier alpha value is -1.39. The van der Waals surface area contributed by atoms with Crippen molar-refractivity contribution in [1.82, 2.24) is 4.90 Å². The maximum absolute atomic E-state index is 11.7. The average molecular weight is 227 g/mol. The first-order valence-corrected chi connectivity index (χ1v) is 5.55. The van der Waals surface area contributed by atoms with Crippen LogP contribution >= 0.6 is 0 Å². The molecule has 1 rings (SSSR count). The largest absolute Gasteiger partial charge is 0.480 e. The Morgan fingerprint density at radius 3 is 2.31 bits per heavy atom. The van der Waals surface area contributed by atoms with Crippen LogP contribution in [0.5, 0.6) is 0 Å². The highest BCUT2D eigenvalue weighted by molar-refractivity contribution is 6.01. The fraction of sp³-hybridized carbons (Fsp3) is 0.727. The zero-order valence-corrected chi connectivity index (χ0v) is 9.60. The number of rotatable bonds is 4. The van der Waals surface area contributed by atoms with E-state index in [1.54, 1.807) is 0 Å². The van der Waals surface area contributed by atoms with Crippen LogP contribution < -0.4 is 0 Å². The average Bonchev–Trinajstić information content (AvgIpc) is 2.14. The van der Waals surface area contributed by atoms with Crippen molar-refractivity contribution in [3.8, 4) is 0 Å². The fourth-order valence-electron chi connectivity index (χ4n) is 1.99. The lowest BCUT2D eigenvalue weighted by Crippen LogP contribution is -2.51. The van der Waals surface area contributed by atoms with E-state index in [0.29, 0.717) is 12.8 Å². The van der Waals surface area contributed by atoms with Gasteiger partial charge in [0.15, 0.2) is 0 Å². The zero-order valence-electron chi connectivity index (χ0n) is 9.60. The summed E-state index contributed by atoms with van der Waals surface area (Å²) in [6.07, 6.45) is 1.48. The van der Waals surface area contributed by atoms with Crippen molar-refractivity contribution < 1.29 is 19.5 Å². The molecule has 1 unspecified atom stereocenters. The van der Waals surface area contributed by atoms with Crippen LogP contribution in [-0.4, -0.2) is 33.8 Å². The number of carbonyl (C=O) groups excluding carboxylic acids is 2. The Bertz CT molecular complexity index is 295. The van der Waals surface area contributed by atoms with Crippen molar-refractivity contribution in [1.29, 1.82) is 0 Å². The minimum Gasteiger partial charge on any atom is -0.480 e. The molecular weight excluding hydrogens is 210 g/mol. The summed E-state index contributed by atoms with van der Waals surface area (Å²) >= 11 is 0. The number of carbonyl (C=O) groups is 3. The highest BCUT2D eigenvalue weighted by Gasteiger charge is 2.38. The summed E-state index contributed by atoms with van der Waals surface area (Å²) in [4.78, 5) is 35.3. The predicted molar refractivity (Wildman–Crippen MR) is 56.6 cm³/mol. The number of hydrogen-bond acceptors (Lipinski definition) is 3. The molecule has 5 heteroatoms. The van der Waals surface area contributed by atoms with Gasteiger partial charge in [0.2, 0.25) is 11.8 Å². The molecule has 1 atom stereocenters. The Labute approximate surface area is 94.4 Å². The lowest BCUT2D eigenvalue weighted by molar-refractivity contribution is -0.161. The fourth-order valence-corrected chi connectivity index (χ4v) is 1.99. The van der Waals surface area contributed by atoms with E-state index in [1.165, 1.54) is 0 Å². The van der Waals surface area contributed by atoms with E-state index in [4.69, 9.17) is 5.11 Å². The van der Waals surface area contributed by atoms with E-state index in [-0.39, 0.29) is 30.6 Å². The molecule has 0 aromatic rings. The second-order valence-corrected chi connectivity index (χ2v) is 4.31. The number of imide groups is 1. The molecule has 0 aliphatic carbocycles. The van der Waals surface area contributed by atoms with E-state index in [1.807, 2.05) is 13.8 Å². The number of hydrogen-bond donors (Lipinski definition) is 1. The highest BCUT2D eigenvalue weighted by atomic mass is 16.4. The van der Waals surface area contributed by atoms with Crippen molar-refractivity contribution in [3.05, 3.63) is 0 Å². The van der Waals surface area contributed by atoms with Gasteiger partial charge in [-0.3, -0.25) is 14.5 Å². The minimum atomic E-state index is -1.10. The number of carboxylic acid groups (broad SMARTS) is 1. The van der Waals surface area contributed by atoms with Crippen LogP contribution in [0.15, 0.2) is 0 Å². The van der Waals surface area contributed by atoms with Crippen LogP contribution in [0.4, 0.5) is 0 Å². The van der Waals surface area contributed by atoms with Gasteiger partial charge in [-0.15, -0.1) is 0 Å². The summed E-state index contributed by atoms with van der Waals surface area (Å²) in [5, 5.41) is 9.01. The number of carboxylic acids is 1. The lowest BCUT2D eigenvalue weighted by atomic mass is 9.95. The quantitative estimate of drug-likeness (QED) is 0.728. The first-order chi connectivity index (χ1) is 7.47. The monoisotopic (exact) mass is 227 g/mol. The van der Waals surface area contributed by atoms with Gasteiger partial charge in [0.25, 0.3) is 0 Å². The SMILES string of the molecule is CCCC(C(=O)O)N1C(=O)CC(C)CC1=O. The standard InChI is InChI=1S/C11H17NO4/c1-3-4-8(11(15)16)12-9(13)5-7(2)6-10(12)14/h7-8H,3-6H2,1-2H3,(H,15,16). The molecule has 1 saturated heterocycles. The van der Waals surface area contributed by atoms with Crippen LogP contribution in [0.2, 0.25) is 0 Å². The van der Waals surface area contributed by atoms with Gasteiger partial charge in [-0.05, 0) is 12.3 Å². The van der Waals surface area contributed by atoms with Crippen molar-refractivity contribution >= 4 is 17.8 Å². The molecule has 1 N–H and O–H groups in total. The molecule has 0 spiro atoms. The summed E-state index contributed by atoms with van der Waals surface area (Å²) < 4.78 is 0. The van der Waals surface area contributed by atoms with Crippen LogP contribution in [0.25, 0.3) is 0 Å². The highest BCUT2D eigenvalue weighted by Crippen LogP contribution is 2.22. The Kier molecular flexibility index (Phi) is 4.04. The Balaban J connectivity index is 2.86. The first-order valence-electron chi connectivity index (χ1n) is 5.55. The van der Waals surface area contributed by atoms with Crippen molar-refractivity contribution in [2.45, 2.75) is 45.6 Å². The molecule has 2 amide bonds. The summed E-state index contributed by atoms with van der Waals surface area (Å²) in [5.74, 6) is -1.79. The second kappa shape index (κ2) is 5.09. The van der Waals surface area contributed by atoms with Crippen LogP contribution in [-0.2, 0) is 14.4 Å². The van der Waals surface area contributed by atoms with Gasteiger partial charge in [0.05, 0.1) is 0 Å². The molecule has 0 aromatic heterocycles. The number of piperidine rings is 1. The Morgan fingerprint density at radius 2 is 1.94 bits per heavy atom. The van der Waals surface area contributed by atoms with Crippen LogP contribution in [0.1, 0.15) is 39.5 Å². The maximum atomic E-state index is 11.7. The molecule has 1 aliphatic rings. The van der Waals surface area contributed by atoms with E-state index in [0.717, 1.165) is 4.90 Å². The van der Waals surface area contributed by atoms with Gasteiger partial charge in [-0.25, -0.2) is 4.79 Å². The van der Waals surface area contributed by atoms with E-state index in [9.17, 15) is 14.4 Å². The second-order valence-electron chi connectivity index (χ2n) is 4.31. The molecule has 1 heterocycles. The third-order valence-corrected chi connectivity index (χ3v) is 2.74. The zero-order chi connectivity index (χ0) is 12.3. The number of amides is 2. The number of nitrogens with zero attached hydrogens (tertiary/aromatic N) is 1. The third kappa shape index (κ3) is 2.59. The van der Waals surface area contributed by atoms with Crippen molar-refractivity contribution in [2.24, 2.45) is 5.92 Å². The summed E-state index contributed by atoms with van der Waals surface area (Å²) in [7, 11) is 0. The predicted octanol–water partition coefficient (Wildman–Crippen LogP) is 1.02. The van der Waals surface area contributed by atoms with Gasteiger partial charge in [0.1, 0.15) is 6.04 Å². The number of aliphatic carboxylic acids is 1. The molecular formula is C11H17NO4. The maximum Gasteiger partial charge on any atom is 0.326 e. The van der Waals surface area contributed by atoms with Crippen molar-refractivity contribution in [3.63, 3.8) is 0 Å². The summed E-state index contributed by atoms with van der Waals surface area (Å²) in [6, 6.07) is -0.988. The lowest BCUT2D eigenvalue weighted by Gasteiger charge is -2.32. The van der Waals surface area contributed by atoms with Gasteiger partial charge >= 0.3 is 5.97 Å². The first kappa shape index (κ1) is 12.7. The summed E-state index contributed by atoms with van der Waals surface area (Å²) in [5.41, 5.74) is 0. The molecule has 90 valence electrons.